The summed E-state index contributed by atoms with van der Waals surface area (Å²) in [7, 11) is 1.53. The second-order valence-electron chi connectivity index (χ2n) is 6.92. The molecule has 0 atom stereocenters. The molecular formula is C24H17FN4O2. The molecule has 0 saturated carbocycles. The molecular weight excluding hydrogens is 395 g/mol. The first-order valence-electron chi connectivity index (χ1n) is 9.44. The predicted molar refractivity (Wildman–Crippen MR) is 113 cm³/mol. The van der Waals surface area contributed by atoms with Gasteiger partial charge in [-0.25, -0.2) is 9.37 Å². The molecule has 0 radical (unpaired) electrons. The maximum atomic E-state index is 14.6. The van der Waals surface area contributed by atoms with Crippen LogP contribution in [0.1, 0.15) is 22.4 Å². The van der Waals surface area contributed by atoms with Gasteiger partial charge < -0.3 is 14.4 Å². The van der Waals surface area contributed by atoms with Gasteiger partial charge in [-0.2, -0.15) is 10.5 Å². The van der Waals surface area contributed by atoms with Crippen molar-refractivity contribution in [1.29, 1.82) is 10.5 Å². The van der Waals surface area contributed by atoms with Gasteiger partial charge in [-0.15, -0.1) is 0 Å². The summed E-state index contributed by atoms with van der Waals surface area (Å²) in [6.45, 7) is -0.144. The molecule has 0 amide bonds. The van der Waals surface area contributed by atoms with E-state index in [9.17, 15) is 14.8 Å². The van der Waals surface area contributed by atoms with Crippen molar-refractivity contribution in [3.05, 3.63) is 82.9 Å². The van der Waals surface area contributed by atoms with E-state index in [0.717, 1.165) is 22.0 Å². The first-order chi connectivity index (χ1) is 15.1. The minimum Gasteiger partial charge on any atom is -0.481 e. The molecule has 2 aromatic heterocycles. The summed E-state index contributed by atoms with van der Waals surface area (Å²) < 4.78 is 21.5. The van der Waals surface area contributed by atoms with Crippen LogP contribution in [0.3, 0.4) is 0 Å². The lowest BCUT2D eigenvalue weighted by atomic mass is 10.0. The number of fused-ring (bicyclic) bond motifs is 1. The average Bonchev–Trinajstić information content (AvgIpc) is 3.12. The number of hydrogen-bond acceptors (Lipinski definition) is 5. The second kappa shape index (κ2) is 8.27. The first kappa shape index (κ1) is 20.1. The maximum absolute atomic E-state index is 14.6. The highest BCUT2D eigenvalue weighted by molar-refractivity contribution is 5.98. The Hall–Kier alpha value is -4.20. The molecule has 2 aromatic carbocycles. The topological polar surface area (TPSA) is 94.9 Å². The van der Waals surface area contributed by atoms with E-state index in [0.29, 0.717) is 22.7 Å². The predicted octanol–water partition coefficient (Wildman–Crippen LogP) is 4.13. The van der Waals surface area contributed by atoms with Crippen molar-refractivity contribution in [2.24, 2.45) is 0 Å². The Morgan fingerprint density at radius 3 is 2.42 bits per heavy atom. The van der Waals surface area contributed by atoms with Crippen LogP contribution >= 0.6 is 0 Å². The van der Waals surface area contributed by atoms with Crippen LogP contribution < -0.4 is 4.74 Å². The van der Waals surface area contributed by atoms with Gasteiger partial charge in [0.2, 0.25) is 5.88 Å². The van der Waals surface area contributed by atoms with Gasteiger partial charge in [-0.1, -0.05) is 6.07 Å². The van der Waals surface area contributed by atoms with Crippen molar-refractivity contribution < 1.29 is 14.2 Å². The highest BCUT2D eigenvalue weighted by atomic mass is 19.1. The van der Waals surface area contributed by atoms with E-state index < -0.39 is 5.82 Å². The first-order valence-corrected chi connectivity index (χ1v) is 9.44. The Kier molecular flexibility index (Phi) is 5.36. The summed E-state index contributed by atoms with van der Waals surface area (Å²) in [5.74, 6) is -0.0403. The molecule has 4 aromatic rings. The summed E-state index contributed by atoms with van der Waals surface area (Å²) >= 11 is 0. The number of aromatic nitrogens is 2. The zero-order valence-corrected chi connectivity index (χ0v) is 16.6. The summed E-state index contributed by atoms with van der Waals surface area (Å²) in [5.41, 5.74) is 3.88. The molecule has 0 fully saturated rings. The van der Waals surface area contributed by atoms with Gasteiger partial charge in [0.25, 0.3) is 0 Å². The van der Waals surface area contributed by atoms with Crippen molar-refractivity contribution in [2.45, 2.75) is 13.2 Å². The fourth-order valence-electron chi connectivity index (χ4n) is 3.71. The second-order valence-corrected chi connectivity index (χ2v) is 6.92. The van der Waals surface area contributed by atoms with Crippen molar-refractivity contribution in [2.75, 3.05) is 7.11 Å². The number of rotatable bonds is 5. The van der Waals surface area contributed by atoms with Crippen molar-refractivity contribution in [3.8, 4) is 29.1 Å². The molecule has 0 aliphatic heterocycles. The number of ether oxygens (including phenoxy) is 1. The molecule has 0 aliphatic rings. The standard InChI is InChI=1S/C24H17FN4O2/c1-31-23-7-5-17(12-28-23)24-19-8-15(10-26)3-6-21(19)29(22(24)14-30)13-18-4-2-16(11-27)9-20(18)25/h2-9,12,30H,13-14H2,1H3. The average molecular weight is 412 g/mol. The minimum atomic E-state index is -0.494. The molecule has 1 N–H and O–H groups in total. The van der Waals surface area contributed by atoms with Gasteiger partial charge in [0, 0.05) is 39.9 Å². The number of benzene rings is 2. The molecule has 0 aliphatic carbocycles. The Morgan fingerprint density at radius 1 is 1.06 bits per heavy atom. The number of aliphatic hydroxyl groups excluding tert-OH is 1. The van der Waals surface area contributed by atoms with E-state index in [-0.39, 0.29) is 18.7 Å². The molecule has 0 unspecified atom stereocenters. The molecule has 31 heavy (non-hydrogen) atoms. The van der Waals surface area contributed by atoms with E-state index in [4.69, 9.17) is 10.00 Å². The van der Waals surface area contributed by atoms with Gasteiger partial charge in [-0.3, -0.25) is 0 Å². The number of nitriles is 2. The smallest absolute Gasteiger partial charge is 0.212 e. The lowest BCUT2D eigenvalue weighted by Gasteiger charge is -2.12. The van der Waals surface area contributed by atoms with E-state index in [1.54, 1.807) is 42.6 Å². The fourth-order valence-corrected chi connectivity index (χ4v) is 3.71. The van der Waals surface area contributed by atoms with Crippen LogP contribution in [-0.2, 0) is 13.2 Å². The van der Waals surface area contributed by atoms with Gasteiger partial charge in [-0.05, 0) is 36.4 Å². The molecule has 0 spiro atoms. The van der Waals surface area contributed by atoms with E-state index in [2.05, 4.69) is 11.1 Å². The third-order valence-electron chi connectivity index (χ3n) is 5.19. The molecule has 6 nitrogen and oxygen atoms in total. The van der Waals surface area contributed by atoms with Crippen LogP contribution in [0.15, 0.2) is 54.7 Å². The Labute approximate surface area is 178 Å². The summed E-state index contributed by atoms with van der Waals surface area (Å²) in [4.78, 5) is 4.26. The zero-order valence-electron chi connectivity index (χ0n) is 16.6. The summed E-state index contributed by atoms with van der Waals surface area (Å²) in [6, 6.07) is 17.1. The number of hydrogen-bond donors (Lipinski definition) is 1. The van der Waals surface area contributed by atoms with Crippen LogP contribution in [0.25, 0.3) is 22.0 Å². The van der Waals surface area contributed by atoms with Gasteiger partial charge in [0.15, 0.2) is 0 Å². The number of nitrogens with zero attached hydrogens (tertiary/aromatic N) is 4. The van der Waals surface area contributed by atoms with Crippen LogP contribution in [0, 0.1) is 28.5 Å². The van der Waals surface area contributed by atoms with Crippen molar-refractivity contribution >= 4 is 10.9 Å². The lowest BCUT2D eigenvalue weighted by Crippen LogP contribution is -2.07. The number of aliphatic hydroxyl groups is 1. The van der Waals surface area contributed by atoms with Crippen molar-refractivity contribution in [1.82, 2.24) is 9.55 Å². The maximum Gasteiger partial charge on any atom is 0.212 e. The molecule has 2 heterocycles. The fraction of sp³-hybridized carbons (Fsp3) is 0.125. The van der Waals surface area contributed by atoms with E-state index >= 15 is 0 Å². The molecule has 0 bridgehead atoms. The van der Waals surface area contributed by atoms with E-state index in [1.165, 1.54) is 13.2 Å². The number of methoxy groups -OCH3 is 1. The highest BCUT2D eigenvalue weighted by Gasteiger charge is 2.20. The van der Waals surface area contributed by atoms with Gasteiger partial charge >= 0.3 is 0 Å². The summed E-state index contributed by atoms with van der Waals surface area (Å²) in [6.07, 6.45) is 1.64. The van der Waals surface area contributed by atoms with Crippen LogP contribution in [0.4, 0.5) is 4.39 Å². The Morgan fingerprint density at radius 2 is 1.81 bits per heavy atom. The third kappa shape index (κ3) is 3.59. The molecule has 0 saturated heterocycles. The van der Waals surface area contributed by atoms with Crippen LogP contribution in [-0.4, -0.2) is 21.8 Å². The molecule has 4 rings (SSSR count). The Balaban J connectivity index is 1.95. The van der Waals surface area contributed by atoms with Gasteiger partial charge in [0.1, 0.15) is 5.82 Å². The third-order valence-corrected chi connectivity index (χ3v) is 5.19. The SMILES string of the molecule is COc1ccc(-c2c(CO)n(Cc3ccc(C#N)cc3F)c3ccc(C#N)cc23)cn1. The quantitative estimate of drug-likeness (QED) is 0.532. The number of pyridine rings is 1. The summed E-state index contributed by atoms with van der Waals surface area (Å²) in [5, 5.41) is 29.4. The zero-order chi connectivity index (χ0) is 22.0. The molecule has 152 valence electrons. The minimum absolute atomic E-state index is 0.152. The highest BCUT2D eigenvalue weighted by Crippen LogP contribution is 2.36. The monoisotopic (exact) mass is 412 g/mol. The number of halogens is 1. The largest absolute Gasteiger partial charge is 0.481 e. The van der Waals surface area contributed by atoms with Crippen LogP contribution in [0.2, 0.25) is 0 Å². The molecule has 7 heteroatoms. The van der Waals surface area contributed by atoms with Gasteiger partial charge in [0.05, 0.1) is 49.2 Å². The van der Waals surface area contributed by atoms with Crippen molar-refractivity contribution in [3.63, 3.8) is 0 Å². The Bertz CT molecular complexity index is 1360. The van der Waals surface area contributed by atoms with Crippen LogP contribution in [0.5, 0.6) is 5.88 Å². The normalized spacial score (nSPS) is 10.6. The lowest BCUT2D eigenvalue weighted by molar-refractivity contribution is 0.272. The van der Waals surface area contributed by atoms with E-state index in [1.807, 2.05) is 16.7 Å².